The number of likely N-dealkylation sites (tertiary alicyclic amines) is 1. The zero-order valence-electron chi connectivity index (χ0n) is 16.7. The highest BCUT2D eigenvalue weighted by molar-refractivity contribution is 5.95. The van der Waals surface area contributed by atoms with Gasteiger partial charge in [-0.3, -0.25) is 4.79 Å². The van der Waals surface area contributed by atoms with Crippen molar-refractivity contribution in [3.63, 3.8) is 0 Å². The molecule has 2 fully saturated rings. The Hall–Kier alpha value is -3.35. The van der Waals surface area contributed by atoms with Crippen molar-refractivity contribution in [3.8, 4) is 0 Å². The highest BCUT2D eigenvalue weighted by atomic mass is 16.2. The Balaban J connectivity index is 1.18. The number of aromatic nitrogens is 2. The molecule has 1 saturated heterocycles. The average molecular weight is 403 g/mol. The maximum Gasteiger partial charge on any atom is 0.319 e. The number of H-pyrrole nitrogens is 1. The monoisotopic (exact) mass is 403 g/mol. The molecule has 3 aromatic rings. The van der Waals surface area contributed by atoms with Gasteiger partial charge in [0.2, 0.25) is 0 Å². The Kier molecular flexibility index (Phi) is 4.86. The number of hydrogen-bond donors (Lipinski definition) is 3. The number of pyridine rings is 1. The molecular weight excluding hydrogens is 378 g/mol. The fraction of sp³-hybridized carbons (Fsp3) is 0.348. The molecule has 3 N–H and O–H groups in total. The summed E-state index contributed by atoms with van der Waals surface area (Å²) >= 11 is 0. The lowest BCUT2D eigenvalue weighted by Gasteiger charge is -2.32. The molecule has 1 aromatic carbocycles. The number of carbonyl (C=O) groups is 2. The van der Waals surface area contributed by atoms with Crippen LogP contribution in [0, 0.1) is 0 Å². The molecule has 1 aliphatic heterocycles. The first-order valence-corrected chi connectivity index (χ1v) is 10.6. The summed E-state index contributed by atoms with van der Waals surface area (Å²) in [6, 6.07) is 11.3. The van der Waals surface area contributed by atoms with Gasteiger partial charge in [0.1, 0.15) is 5.65 Å². The van der Waals surface area contributed by atoms with Crippen molar-refractivity contribution in [1.29, 1.82) is 0 Å². The van der Waals surface area contributed by atoms with Gasteiger partial charge in [-0.05, 0) is 73.6 Å². The van der Waals surface area contributed by atoms with Crippen molar-refractivity contribution in [1.82, 2.24) is 20.2 Å². The summed E-state index contributed by atoms with van der Waals surface area (Å²) in [5, 5.41) is 6.88. The Morgan fingerprint density at radius 3 is 2.53 bits per heavy atom. The van der Waals surface area contributed by atoms with Gasteiger partial charge in [0.05, 0.1) is 0 Å². The van der Waals surface area contributed by atoms with E-state index in [2.05, 4.69) is 32.9 Å². The standard InChI is InChI=1S/C23H25N5O2/c29-22(16-3-5-17(6-4-16)26-23(30)27-18-7-8-18)28-12-9-15(10-13-28)20-14-25-21-19(20)2-1-11-24-21/h1-6,11,14-15,18H,7-10,12-13H2,(H,24,25)(H2,26,27,30). The minimum Gasteiger partial charge on any atom is -0.346 e. The van der Waals surface area contributed by atoms with Crippen molar-refractivity contribution in [2.24, 2.45) is 0 Å². The van der Waals surface area contributed by atoms with Gasteiger partial charge >= 0.3 is 6.03 Å². The van der Waals surface area contributed by atoms with E-state index < -0.39 is 0 Å². The molecule has 3 heterocycles. The second-order valence-corrected chi connectivity index (χ2v) is 8.16. The maximum absolute atomic E-state index is 12.9. The number of urea groups is 1. The fourth-order valence-electron chi connectivity index (χ4n) is 4.17. The lowest BCUT2D eigenvalue weighted by molar-refractivity contribution is 0.0713. The van der Waals surface area contributed by atoms with Crippen molar-refractivity contribution in [2.45, 2.75) is 37.6 Å². The number of benzene rings is 1. The maximum atomic E-state index is 12.9. The Morgan fingerprint density at radius 1 is 1.03 bits per heavy atom. The van der Waals surface area contributed by atoms with Crippen molar-refractivity contribution in [3.05, 3.63) is 59.9 Å². The fourth-order valence-corrected chi connectivity index (χ4v) is 4.17. The molecule has 5 rings (SSSR count). The molecule has 1 aliphatic carbocycles. The summed E-state index contributed by atoms with van der Waals surface area (Å²) < 4.78 is 0. The Labute approximate surface area is 174 Å². The number of nitrogens with one attached hydrogen (secondary N) is 3. The van der Waals surface area contributed by atoms with E-state index in [0.717, 1.165) is 44.4 Å². The lowest BCUT2D eigenvalue weighted by atomic mass is 9.89. The number of hydrogen-bond acceptors (Lipinski definition) is 3. The van der Waals surface area contributed by atoms with Gasteiger partial charge in [-0.1, -0.05) is 0 Å². The van der Waals surface area contributed by atoms with E-state index in [1.807, 2.05) is 11.0 Å². The van der Waals surface area contributed by atoms with Crippen molar-refractivity contribution >= 4 is 28.7 Å². The van der Waals surface area contributed by atoms with Crippen LogP contribution in [0.15, 0.2) is 48.8 Å². The smallest absolute Gasteiger partial charge is 0.319 e. The number of carbonyl (C=O) groups excluding carboxylic acids is 2. The van der Waals surface area contributed by atoms with E-state index in [1.165, 1.54) is 10.9 Å². The summed E-state index contributed by atoms with van der Waals surface area (Å²) in [5.74, 6) is 0.478. The van der Waals surface area contributed by atoms with Crippen LogP contribution < -0.4 is 10.6 Å². The van der Waals surface area contributed by atoms with E-state index >= 15 is 0 Å². The predicted octanol–water partition coefficient (Wildman–Crippen LogP) is 3.87. The zero-order chi connectivity index (χ0) is 20.5. The van der Waals surface area contributed by atoms with E-state index in [0.29, 0.717) is 23.2 Å². The van der Waals surface area contributed by atoms with Gasteiger partial charge in [-0.2, -0.15) is 0 Å². The molecule has 0 radical (unpaired) electrons. The lowest BCUT2D eigenvalue weighted by Crippen LogP contribution is -2.37. The normalized spacial score (nSPS) is 17.1. The number of aromatic amines is 1. The summed E-state index contributed by atoms with van der Waals surface area (Å²) in [5.41, 5.74) is 3.56. The minimum absolute atomic E-state index is 0.0445. The van der Waals surface area contributed by atoms with Gasteiger partial charge < -0.3 is 20.5 Å². The van der Waals surface area contributed by atoms with Crippen LogP contribution in [-0.4, -0.2) is 45.9 Å². The van der Waals surface area contributed by atoms with E-state index in [9.17, 15) is 9.59 Å². The number of fused-ring (bicyclic) bond motifs is 1. The van der Waals surface area contributed by atoms with E-state index in [-0.39, 0.29) is 11.9 Å². The molecule has 0 spiro atoms. The summed E-state index contributed by atoms with van der Waals surface area (Å²) in [4.78, 5) is 34.3. The van der Waals surface area contributed by atoms with Gasteiger partial charge in [-0.15, -0.1) is 0 Å². The highest BCUT2D eigenvalue weighted by Crippen LogP contribution is 2.33. The minimum atomic E-state index is -0.189. The van der Waals surface area contributed by atoms with Crippen molar-refractivity contribution < 1.29 is 9.59 Å². The van der Waals surface area contributed by atoms with Crippen LogP contribution in [0.1, 0.15) is 47.5 Å². The molecule has 1 saturated carbocycles. The molecule has 0 atom stereocenters. The number of piperidine rings is 1. The third kappa shape index (κ3) is 3.87. The van der Waals surface area contributed by atoms with Gasteiger partial charge in [0, 0.05) is 48.2 Å². The zero-order valence-corrected chi connectivity index (χ0v) is 16.7. The summed E-state index contributed by atoms with van der Waals surface area (Å²) in [6.07, 6.45) is 7.84. The molecule has 3 amide bonds. The quantitative estimate of drug-likeness (QED) is 0.618. The Morgan fingerprint density at radius 2 is 1.80 bits per heavy atom. The van der Waals surface area contributed by atoms with Gasteiger partial charge in [0.15, 0.2) is 0 Å². The average Bonchev–Trinajstić information content (AvgIpc) is 3.48. The van der Waals surface area contributed by atoms with Crippen LogP contribution in [0.2, 0.25) is 0 Å². The van der Waals surface area contributed by atoms with Crippen LogP contribution >= 0.6 is 0 Å². The third-order valence-corrected chi connectivity index (χ3v) is 6.01. The molecular formula is C23H25N5O2. The predicted molar refractivity (Wildman–Crippen MR) is 116 cm³/mol. The van der Waals surface area contributed by atoms with E-state index in [1.54, 1.807) is 30.5 Å². The number of amides is 3. The molecule has 7 heteroatoms. The van der Waals surface area contributed by atoms with Crippen molar-refractivity contribution in [2.75, 3.05) is 18.4 Å². The van der Waals surface area contributed by atoms with Crippen LogP contribution in [0.5, 0.6) is 0 Å². The SMILES string of the molecule is O=C(Nc1ccc(C(=O)N2CCC(c3c[nH]c4ncccc34)CC2)cc1)NC1CC1. The first kappa shape index (κ1) is 18.7. The first-order valence-electron chi connectivity index (χ1n) is 10.6. The third-order valence-electron chi connectivity index (χ3n) is 6.01. The number of rotatable bonds is 4. The first-order chi connectivity index (χ1) is 14.7. The largest absolute Gasteiger partial charge is 0.346 e. The summed E-state index contributed by atoms with van der Waals surface area (Å²) in [7, 11) is 0. The number of anilines is 1. The second kappa shape index (κ2) is 7.82. The van der Waals surface area contributed by atoms with Crippen LogP contribution in [-0.2, 0) is 0 Å². The Bertz CT molecular complexity index is 1060. The van der Waals surface area contributed by atoms with Gasteiger partial charge in [-0.25, -0.2) is 9.78 Å². The van der Waals surface area contributed by atoms with Crippen LogP contribution in [0.25, 0.3) is 11.0 Å². The molecule has 7 nitrogen and oxygen atoms in total. The second-order valence-electron chi connectivity index (χ2n) is 8.16. The highest BCUT2D eigenvalue weighted by Gasteiger charge is 2.26. The molecule has 2 aromatic heterocycles. The van der Waals surface area contributed by atoms with E-state index in [4.69, 9.17) is 0 Å². The molecule has 154 valence electrons. The van der Waals surface area contributed by atoms with Crippen LogP contribution in [0.3, 0.4) is 0 Å². The molecule has 30 heavy (non-hydrogen) atoms. The molecule has 2 aliphatic rings. The summed E-state index contributed by atoms with van der Waals surface area (Å²) in [6.45, 7) is 1.47. The molecule has 0 bridgehead atoms. The van der Waals surface area contributed by atoms with Gasteiger partial charge in [0.25, 0.3) is 5.91 Å². The number of nitrogens with zero attached hydrogens (tertiary/aromatic N) is 2. The topological polar surface area (TPSA) is 90.1 Å². The van der Waals surface area contributed by atoms with Crippen LogP contribution in [0.4, 0.5) is 10.5 Å². The molecule has 0 unspecified atom stereocenters.